The molecular weight excluding hydrogens is 222 g/mol. The number of carbonyl (C=O) groups is 1. The van der Waals surface area contributed by atoms with Crippen molar-refractivity contribution in [3.05, 3.63) is 24.3 Å². The van der Waals surface area contributed by atoms with E-state index in [2.05, 4.69) is 5.32 Å². The molecule has 0 saturated carbocycles. The molecule has 0 aliphatic heterocycles. The molecule has 0 spiro atoms. The molecule has 0 aliphatic carbocycles. The van der Waals surface area contributed by atoms with Crippen molar-refractivity contribution in [2.75, 3.05) is 26.1 Å². The van der Waals surface area contributed by atoms with Gasteiger partial charge in [0.05, 0.1) is 13.7 Å². The van der Waals surface area contributed by atoms with Gasteiger partial charge in [-0.05, 0) is 19.1 Å². The van der Waals surface area contributed by atoms with E-state index in [1.807, 2.05) is 0 Å². The van der Waals surface area contributed by atoms with Crippen molar-refractivity contribution in [3.63, 3.8) is 0 Å². The Kier molecular flexibility index (Phi) is 4.34. The van der Waals surface area contributed by atoms with Crippen LogP contribution in [-0.4, -0.2) is 37.4 Å². The maximum atomic E-state index is 11.2. The van der Waals surface area contributed by atoms with Crippen molar-refractivity contribution in [2.24, 2.45) is 0 Å². The summed E-state index contributed by atoms with van der Waals surface area (Å²) in [6.45, 7) is 1.64. The molecule has 5 nitrogen and oxygen atoms in total. The Morgan fingerprint density at radius 2 is 2.18 bits per heavy atom. The molecule has 0 bridgehead atoms. The van der Waals surface area contributed by atoms with Crippen LogP contribution in [0.1, 0.15) is 6.92 Å². The second-order valence-corrected chi connectivity index (χ2v) is 3.93. The third-order valence-electron chi connectivity index (χ3n) is 2.40. The number of aliphatic carboxylic acids is 1. The van der Waals surface area contributed by atoms with Gasteiger partial charge in [0.2, 0.25) is 0 Å². The lowest BCUT2D eigenvalue weighted by Crippen LogP contribution is -2.47. The highest BCUT2D eigenvalue weighted by molar-refractivity contribution is 5.82. The Balaban J connectivity index is 2.89. The van der Waals surface area contributed by atoms with Gasteiger partial charge in [-0.15, -0.1) is 0 Å². The smallest absolute Gasteiger partial charge is 0.331 e. The number of rotatable bonds is 6. The number of anilines is 1. The molecule has 1 aromatic rings. The fourth-order valence-electron chi connectivity index (χ4n) is 1.46. The summed E-state index contributed by atoms with van der Waals surface area (Å²) in [5, 5.41) is 12.1. The minimum Gasteiger partial charge on any atom is -0.497 e. The van der Waals surface area contributed by atoms with E-state index in [0.29, 0.717) is 11.4 Å². The minimum absolute atomic E-state index is 0.0690. The average molecular weight is 239 g/mol. The second-order valence-electron chi connectivity index (χ2n) is 3.93. The first-order valence-corrected chi connectivity index (χ1v) is 5.16. The second kappa shape index (κ2) is 5.54. The van der Waals surface area contributed by atoms with E-state index in [4.69, 9.17) is 9.47 Å². The topological polar surface area (TPSA) is 67.8 Å². The highest BCUT2D eigenvalue weighted by Crippen LogP contribution is 2.21. The number of hydrogen-bond donors (Lipinski definition) is 2. The normalized spacial score (nSPS) is 13.8. The third kappa shape index (κ3) is 3.35. The maximum Gasteiger partial charge on any atom is 0.331 e. The van der Waals surface area contributed by atoms with Gasteiger partial charge >= 0.3 is 5.97 Å². The van der Waals surface area contributed by atoms with E-state index in [1.54, 1.807) is 38.3 Å². The molecular formula is C12H17NO4. The third-order valence-corrected chi connectivity index (χ3v) is 2.40. The quantitative estimate of drug-likeness (QED) is 0.789. The van der Waals surface area contributed by atoms with Gasteiger partial charge in [0.25, 0.3) is 0 Å². The minimum atomic E-state index is -1.17. The zero-order chi connectivity index (χ0) is 12.9. The van der Waals surface area contributed by atoms with E-state index in [-0.39, 0.29) is 6.61 Å². The Bertz CT molecular complexity index is 394. The lowest BCUT2D eigenvalue weighted by atomic mass is 10.0. The summed E-state index contributed by atoms with van der Waals surface area (Å²) < 4.78 is 9.99. The van der Waals surface area contributed by atoms with Crippen LogP contribution in [0.2, 0.25) is 0 Å². The van der Waals surface area contributed by atoms with Crippen molar-refractivity contribution >= 4 is 11.7 Å². The predicted octanol–water partition coefficient (Wildman–Crippen LogP) is 1.60. The molecule has 0 aromatic heterocycles. The summed E-state index contributed by atoms with van der Waals surface area (Å²) >= 11 is 0. The van der Waals surface area contributed by atoms with Gasteiger partial charge in [0, 0.05) is 18.9 Å². The Hall–Kier alpha value is -1.75. The summed E-state index contributed by atoms with van der Waals surface area (Å²) in [6.07, 6.45) is 0. The zero-order valence-corrected chi connectivity index (χ0v) is 10.2. The van der Waals surface area contributed by atoms with Gasteiger partial charge < -0.3 is 19.9 Å². The number of hydrogen-bond acceptors (Lipinski definition) is 4. The van der Waals surface area contributed by atoms with Crippen LogP contribution < -0.4 is 10.1 Å². The van der Waals surface area contributed by atoms with E-state index in [9.17, 15) is 9.90 Å². The highest BCUT2D eigenvalue weighted by atomic mass is 16.5. The van der Waals surface area contributed by atoms with Crippen molar-refractivity contribution in [2.45, 2.75) is 12.5 Å². The zero-order valence-electron chi connectivity index (χ0n) is 10.2. The molecule has 0 fully saturated rings. The van der Waals surface area contributed by atoms with Crippen molar-refractivity contribution < 1.29 is 19.4 Å². The molecule has 1 unspecified atom stereocenters. The molecule has 2 N–H and O–H groups in total. The van der Waals surface area contributed by atoms with E-state index < -0.39 is 11.5 Å². The largest absolute Gasteiger partial charge is 0.497 e. The molecule has 1 aromatic carbocycles. The van der Waals surface area contributed by atoms with Crippen LogP contribution in [0, 0.1) is 0 Å². The Labute approximate surface area is 100 Å². The van der Waals surface area contributed by atoms with E-state index >= 15 is 0 Å². The Morgan fingerprint density at radius 1 is 1.47 bits per heavy atom. The fourth-order valence-corrected chi connectivity index (χ4v) is 1.46. The van der Waals surface area contributed by atoms with Crippen LogP contribution >= 0.6 is 0 Å². The molecule has 17 heavy (non-hydrogen) atoms. The van der Waals surface area contributed by atoms with Crippen LogP contribution in [0.4, 0.5) is 5.69 Å². The summed E-state index contributed by atoms with van der Waals surface area (Å²) in [5.74, 6) is -0.303. The predicted molar refractivity (Wildman–Crippen MR) is 64.5 cm³/mol. The lowest BCUT2D eigenvalue weighted by Gasteiger charge is -2.26. The number of benzene rings is 1. The molecule has 1 atom stereocenters. The van der Waals surface area contributed by atoms with Gasteiger partial charge in [-0.1, -0.05) is 6.07 Å². The SMILES string of the molecule is COCC(C)(Nc1cccc(OC)c1)C(=O)O. The first kappa shape index (κ1) is 13.3. The number of nitrogens with one attached hydrogen (secondary N) is 1. The molecule has 0 heterocycles. The lowest BCUT2D eigenvalue weighted by molar-refractivity contribution is -0.143. The van der Waals surface area contributed by atoms with Crippen LogP contribution in [0.5, 0.6) is 5.75 Å². The van der Waals surface area contributed by atoms with Crippen molar-refractivity contribution in [3.8, 4) is 5.75 Å². The summed E-state index contributed by atoms with van der Waals surface area (Å²) in [4.78, 5) is 11.2. The molecule has 94 valence electrons. The van der Waals surface area contributed by atoms with Gasteiger partial charge in [-0.2, -0.15) is 0 Å². The molecule has 5 heteroatoms. The molecule has 1 rings (SSSR count). The monoisotopic (exact) mass is 239 g/mol. The van der Waals surface area contributed by atoms with Crippen molar-refractivity contribution in [1.29, 1.82) is 0 Å². The number of carboxylic acid groups (broad SMARTS) is 1. The first-order chi connectivity index (χ1) is 8.01. The average Bonchev–Trinajstić information content (AvgIpc) is 2.29. The van der Waals surface area contributed by atoms with Crippen LogP contribution in [0.25, 0.3) is 0 Å². The Morgan fingerprint density at radius 3 is 2.71 bits per heavy atom. The number of ether oxygens (including phenoxy) is 2. The molecule has 0 aliphatic rings. The van der Waals surface area contributed by atoms with Crippen molar-refractivity contribution in [1.82, 2.24) is 0 Å². The van der Waals surface area contributed by atoms with Crippen LogP contribution in [-0.2, 0) is 9.53 Å². The van der Waals surface area contributed by atoms with Gasteiger partial charge in [0.15, 0.2) is 5.54 Å². The maximum absolute atomic E-state index is 11.2. The fraction of sp³-hybridized carbons (Fsp3) is 0.417. The van der Waals surface area contributed by atoms with Crippen LogP contribution in [0.15, 0.2) is 24.3 Å². The summed E-state index contributed by atoms with van der Waals surface area (Å²) in [7, 11) is 3.03. The molecule has 0 radical (unpaired) electrons. The summed E-state index contributed by atoms with van der Waals surface area (Å²) in [6, 6.07) is 7.09. The van der Waals surface area contributed by atoms with Gasteiger partial charge in [-0.3, -0.25) is 0 Å². The highest BCUT2D eigenvalue weighted by Gasteiger charge is 2.33. The molecule has 0 saturated heterocycles. The standard InChI is InChI=1S/C12H17NO4/c1-12(8-16-2,11(14)15)13-9-5-4-6-10(7-9)17-3/h4-7,13H,8H2,1-3H3,(H,14,15). The van der Waals surface area contributed by atoms with Crippen LogP contribution in [0.3, 0.4) is 0 Å². The first-order valence-electron chi connectivity index (χ1n) is 5.16. The number of carboxylic acids is 1. The van der Waals surface area contributed by atoms with Gasteiger partial charge in [0.1, 0.15) is 5.75 Å². The van der Waals surface area contributed by atoms with E-state index in [0.717, 1.165) is 0 Å². The summed E-state index contributed by atoms with van der Waals surface area (Å²) in [5.41, 5.74) is -0.493. The van der Waals surface area contributed by atoms with E-state index in [1.165, 1.54) is 7.11 Å². The molecule has 0 amide bonds. The van der Waals surface area contributed by atoms with Gasteiger partial charge in [-0.25, -0.2) is 4.79 Å². The number of methoxy groups -OCH3 is 2.